The molecular formula is C42H72N2O13. The standard InChI is InChI=1S/C42H72N2O13/c1-25(2)22-34(48)55-40-29(6)53-35(24-42(40,7)50)56-38-28(5)54-41(37(49)36(38)44(8)9)57-39-30(18-19-43-20-21-45)23-26(3)31(46)15-13-11-12-14-27(4)52-33(47)17-16-32(39)51-10/h11-13,15-17,25-32,35-41,43,45-46,49-50H,14,18-24H2,1-10H3/b12-11+,15-13+,17-16+/t26-,27-,28-,29+,30+,31+,32+,35+,36-,37-,38-,39+,40+,41+,42-/m1/s1. The van der Waals surface area contributed by atoms with E-state index in [9.17, 15) is 30.0 Å². The minimum absolute atomic E-state index is 0.00298. The number of hydrogen-bond acceptors (Lipinski definition) is 15. The zero-order chi connectivity index (χ0) is 42.4. The van der Waals surface area contributed by atoms with Gasteiger partial charge in [0, 0.05) is 39.0 Å². The maximum atomic E-state index is 12.9. The van der Waals surface area contributed by atoms with Crippen LogP contribution in [-0.4, -0.2) is 157 Å². The summed E-state index contributed by atoms with van der Waals surface area (Å²) in [7, 11) is 5.13. The number of nitrogens with zero attached hydrogens (tertiary/aromatic N) is 1. The van der Waals surface area contributed by atoms with Crippen LogP contribution in [-0.2, 0) is 42.7 Å². The second kappa shape index (κ2) is 23.5. The van der Waals surface area contributed by atoms with Gasteiger partial charge in [-0.15, -0.1) is 0 Å². The van der Waals surface area contributed by atoms with E-state index in [-0.39, 0.29) is 37.2 Å². The number of cyclic esters (lactones) is 1. The van der Waals surface area contributed by atoms with Gasteiger partial charge in [-0.3, -0.25) is 4.79 Å². The van der Waals surface area contributed by atoms with Gasteiger partial charge in [0.15, 0.2) is 18.7 Å². The van der Waals surface area contributed by atoms with Crippen LogP contribution in [0.3, 0.4) is 0 Å². The topological polar surface area (TPSA) is 195 Å². The Labute approximate surface area is 339 Å². The monoisotopic (exact) mass is 813 g/mol. The average molecular weight is 813 g/mol. The van der Waals surface area contributed by atoms with Gasteiger partial charge in [-0.1, -0.05) is 45.1 Å². The van der Waals surface area contributed by atoms with Crippen LogP contribution in [0.1, 0.15) is 80.6 Å². The molecule has 3 aliphatic heterocycles. The van der Waals surface area contributed by atoms with Crippen LogP contribution >= 0.6 is 0 Å². The van der Waals surface area contributed by atoms with E-state index in [1.807, 2.05) is 58.8 Å². The molecule has 0 radical (unpaired) electrons. The SMILES string of the molecule is CO[C@H]1/C=C/C(=O)O[C@H](C)C/C=C/C=C/[C@H](O)[C@H](C)C[C@H](CCNCCO)[C@@H]1O[C@@H]1O[C@H](C)[C@@H](O[C@H]2C[C@@](C)(O)[C@@H](OC(=O)CC(C)C)[C@H](C)O2)[C@H](N(C)C)[C@H]1O. The fraction of sp³-hybridized carbons (Fsp3) is 0.810. The number of aliphatic hydroxyl groups excluding tert-OH is 3. The Kier molecular flexibility index (Phi) is 20.2. The van der Waals surface area contributed by atoms with Gasteiger partial charge in [-0.2, -0.15) is 0 Å². The van der Waals surface area contributed by atoms with Gasteiger partial charge in [0.05, 0.1) is 37.1 Å². The summed E-state index contributed by atoms with van der Waals surface area (Å²) in [4.78, 5) is 27.2. The van der Waals surface area contributed by atoms with Crippen molar-refractivity contribution in [2.75, 3.05) is 40.9 Å². The van der Waals surface area contributed by atoms with E-state index in [1.54, 1.807) is 39.0 Å². The zero-order valence-corrected chi connectivity index (χ0v) is 35.7. The first-order chi connectivity index (χ1) is 26.9. The van der Waals surface area contributed by atoms with Gasteiger partial charge in [0.25, 0.3) is 0 Å². The number of allylic oxidation sites excluding steroid dienone is 2. The number of nitrogens with one attached hydrogen (secondary N) is 1. The van der Waals surface area contributed by atoms with E-state index in [0.29, 0.717) is 32.4 Å². The molecule has 3 rings (SSSR count). The van der Waals surface area contributed by atoms with Crippen LogP contribution in [0.25, 0.3) is 0 Å². The fourth-order valence-electron chi connectivity index (χ4n) is 7.86. The van der Waals surface area contributed by atoms with E-state index < -0.39 is 91.1 Å². The normalized spacial score (nSPS) is 40.4. The number of hydrogen-bond donors (Lipinski definition) is 5. The van der Waals surface area contributed by atoms with E-state index in [0.717, 1.165) is 0 Å². The summed E-state index contributed by atoms with van der Waals surface area (Å²) in [5.74, 6) is -1.39. The molecule has 57 heavy (non-hydrogen) atoms. The van der Waals surface area contributed by atoms with Crippen molar-refractivity contribution in [3.63, 3.8) is 0 Å². The minimum Gasteiger partial charge on any atom is -0.459 e. The third-order valence-electron chi connectivity index (χ3n) is 10.9. The highest BCUT2D eigenvalue weighted by molar-refractivity contribution is 5.82. The number of ether oxygens (including phenoxy) is 7. The lowest BCUT2D eigenvalue weighted by Gasteiger charge is -2.50. The number of esters is 2. The van der Waals surface area contributed by atoms with Crippen LogP contribution in [0.4, 0.5) is 0 Å². The maximum Gasteiger partial charge on any atom is 0.330 e. The molecule has 0 saturated carbocycles. The molecule has 2 saturated heterocycles. The molecule has 15 heteroatoms. The molecule has 0 aromatic rings. The second-order valence-corrected chi connectivity index (χ2v) is 16.8. The van der Waals surface area contributed by atoms with Crippen molar-refractivity contribution in [2.24, 2.45) is 17.8 Å². The molecule has 0 spiro atoms. The summed E-state index contributed by atoms with van der Waals surface area (Å²) in [5, 5.41) is 47.3. The second-order valence-electron chi connectivity index (χ2n) is 16.8. The summed E-state index contributed by atoms with van der Waals surface area (Å²) in [6.07, 6.45) is 2.72. The first-order valence-corrected chi connectivity index (χ1v) is 20.5. The van der Waals surface area contributed by atoms with E-state index in [1.165, 1.54) is 13.2 Å². The Morgan fingerprint density at radius 1 is 1.04 bits per heavy atom. The highest BCUT2D eigenvalue weighted by Crippen LogP contribution is 2.37. The summed E-state index contributed by atoms with van der Waals surface area (Å²) in [6.45, 7) is 13.6. The number of likely N-dealkylation sites (N-methyl/N-ethyl adjacent to an activating group) is 1. The van der Waals surface area contributed by atoms with Crippen LogP contribution in [0.15, 0.2) is 36.5 Å². The van der Waals surface area contributed by atoms with Gasteiger partial charge in [0.2, 0.25) is 0 Å². The smallest absolute Gasteiger partial charge is 0.330 e. The van der Waals surface area contributed by atoms with Crippen LogP contribution in [0.2, 0.25) is 0 Å². The molecule has 0 amide bonds. The Bertz CT molecular complexity index is 1310. The number of carbonyl (C=O) groups excluding carboxylic acids is 2. The highest BCUT2D eigenvalue weighted by atomic mass is 16.7. The van der Waals surface area contributed by atoms with Crippen LogP contribution < -0.4 is 5.32 Å². The third kappa shape index (κ3) is 15.0. The molecule has 3 heterocycles. The molecule has 0 aliphatic carbocycles. The quantitative estimate of drug-likeness (QED) is 0.127. The van der Waals surface area contributed by atoms with Gasteiger partial charge in [-0.25, -0.2) is 4.79 Å². The summed E-state index contributed by atoms with van der Waals surface area (Å²) >= 11 is 0. The van der Waals surface area contributed by atoms with Gasteiger partial charge in [-0.05, 0) is 85.0 Å². The van der Waals surface area contributed by atoms with Crippen molar-refractivity contribution in [3.8, 4) is 0 Å². The molecule has 3 aliphatic rings. The van der Waals surface area contributed by atoms with Gasteiger partial charge >= 0.3 is 11.9 Å². The summed E-state index contributed by atoms with van der Waals surface area (Å²) in [5.41, 5.74) is -1.46. The van der Waals surface area contributed by atoms with Crippen molar-refractivity contribution in [1.29, 1.82) is 0 Å². The van der Waals surface area contributed by atoms with Crippen molar-refractivity contribution < 1.29 is 63.2 Å². The molecule has 0 aromatic heterocycles. The average Bonchev–Trinajstić information content (AvgIpc) is 3.11. The first kappa shape index (κ1) is 49.1. The number of carbonyl (C=O) groups is 2. The van der Waals surface area contributed by atoms with Gasteiger partial charge in [0.1, 0.15) is 30.0 Å². The van der Waals surface area contributed by atoms with Crippen LogP contribution in [0.5, 0.6) is 0 Å². The van der Waals surface area contributed by atoms with E-state index >= 15 is 0 Å². The Balaban J connectivity index is 1.92. The lowest BCUT2D eigenvalue weighted by Crippen LogP contribution is -2.65. The van der Waals surface area contributed by atoms with Crippen molar-refractivity contribution >= 4 is 11.9 Å². The van der Waals surface area contributed by atoms with Crippen LogP contribution in [0, 0.1) is 17.8 Å². The fourth-order valence-corrected chi connectivity index (χ4v) is 7.86. The molecular weight excluding hydrogens is 740 g/mol. The number of methoxy groups -OCH3 is 1. The van der Waals surface area contributed by atoms with Crippen molar-refractivity contribution in [2.45, 2.75) is 160 Å². The van der Waals surface area contributed by atoms with E-state index in [4.69, 9.17) is 33.2 Å². The molecule has 5 N–H and O–H groups in total. The lowest BCUT2D eigenvalue weighted by atomic mass is 9.83. The number of rotatable bonds is 14. The molecule has 0 unspecified atom stereocenters. The molecule has 0 bridgehead atoms. The zero-order valence-electron chi connectivity index (χ0n) is 35.7. The van der Waals surface area contributed by atoms with Gasteiger partial charge < -0.3 is 63.8 Å². The Hall–Kier alpha value is -2.28. The molecule has 15 atom stereocenters. The predicted octanol–water partition coefficient (Wildman–Crippen LogP) is 2.63. The molecule has 0 aromatic carbocycles. The predicted molar refractivity (Wildman–Crippen MR) is 213 cm³/mol. The first-order valence-electron chi connectivity index (χ1n) is 20.5. The van der Waals surface area contributed by atoms with Crippen molar-refractivity contribution in [3.05, 3.63) is 36.5 Å². The van der Waals surface area contributed by atoms with E-state index in [2.05, 4.69) is 5.32 Å². The largest absolute Gasteiger partial charge is 0.459 e. The molecule has 328 valence electrons. The third-order valence-corrected chi connectivity index (χ3v) is 10.9. The lowest BCUT2D eigenvalue weighted by molar-refractivity contribution is -0.342. The summed E-state index contributed by atoms with van der Waals surface area (Å²) < 4.78 is 43.1. The molecule has 15 nitrogen and oxygen atoms in total. The highest BCUT2D eigenvalue weighted by Gasteiger charge is 2.52. The number of aliphatic hydroxyl groups is 4. The molecule has 2 fully saturated rings. The summed E-state index contributed by atoms with van der Waals surface area (Å²) in [6, 6.07) is -0.674. The maximum absolute atomic E-state index is 12.9. The van der Waals surface area contributed by atoms with Crippen molar-refractivity contribution in [1.82, 2.24) is 10.2 Å². The Morgan fingerprint density at radius 2 is 1.75 bits per heavy atom. The minimum atomic E-state index is -1.46. The Morgan fingerprint density at radius 3 is 2.39 bits per heavy atom.